The quantitative estimate of drug-likeness (QED) is 0.805. The maximum absolute atomic E-state index is 12.0. The zero-order valence-electron chi connectivity index (χ0n) is 10.5. The number of halogens is 1. The molecule has 20 heavy (non-hydrogen) atoms. The van der Waals surface area contributed by atoms with Crippen LogP contribution < -0.4 is 10.5 Å². The van der Waals surface area contributed by atoms with Gasteiger partial charge >= 0.3 is 0 Å². The number of nitrogens with two attached hydrogens (primary N) is 1. The number of rotatable bonds is 3. The number of aromatic nitrogens is 1. The highest BCUT2D eigenvalue weighted by Gasteiger charge is 2.16. The predicted molar refractivity (Wildman–Crippen MR) is 76.3 cm³/mol. The highest BCUT2D eigenvalue weighted by molar-refractivity contribution is 7.89. The van der Waals surface area contributed by atoms with E-state index in [1.807, 2.05) is 0 Å². The molecule has 1 aromatic heterocycles. The van der Waals surface area contributed by atoms with Gasteiger partial charge in [0.15, 0.2) is 0 Å². The molecule has 6 nitrogen and oxygen atoms in total. The Bertz CT molecular complexity index is 768. The van der Waals surface area contributed by atoms with E-state index in [-0.39, 0.29) is 10.6 Å². The van der Waals surface area contributed by atoms with E-state index in [1.165, 1.54) is 24.4 Å². The van der Waals surface area contributed by atoms with E-state index in [0.29, 0.717) is 16.3 Å². The van der Waals surface area contributed by atoms with E-state index in [4.69, 9.17) is 16.7 Å². The third kappa shape index (κ3) is 3.01. The maximum atomic E-state index is 12.0. The Morgan fingerprint density at radius 1 is 1.40 bits per heavy atom. The zero-order valence-corrected chi connectivity index (χ0v) is 12.0. The minimum atomic E-state index is -3.83. The molecule has 106 valence electrons. The van der Waals surface area contributed by atoms with E-state index >= 15 is 0 Å². The third-order valence-electron chi connectivity index (χ3n) is 2.73. The Kier molecular flexibility index (Phi) is 3.85. The molecule has 0 saturated carbocycles. The lowest BCUT2D eigenvalue weighted by Crippen LogP contribution is -2.17. The first-order chi connectivity index (χ1) is 9.29. The first-order valence-corrected chi connectivity index (χ1v) is 7.49. The molecule has 0 radical (unpaired) electrons. The number of hydrogen-bond donors (Lipinski definition) is 3. The zero-order chi connectivity index (χ0) is 14.9. The standard InChI is InChI=1S/C12H12ClN3O3S/c1-7-9(3-2-4-11(7)20(14,18)19)16-12(17)10-5-8(13)6-15-10/h2-6,15H,1H3,(H,16,17)(H2,14,18,19). The highest BCUT2D eigenvalue weighted by Crippen LogP contribution is 2.22. The van der Waals surface area contributed by atoms with Gasteiger partial charge in [0.1, 0.15) is 5.69 Å². The second kappa shape index (κ2) is 5.28. The Hall–Kier alpha value is -1.83. The van der Waals surface area contributed by atoms with Crippen LogP contribution in [0.15, 0.2) is 35.4 Å². The highest BCUT2D eigenvalue weighted by atomic mass is 35.5. The van der Waals surface area contributed by atoms with Crippen molar-refractivity contribution in [3.05, 3.63) is 46.7 Å². The normalized spacial score (nSPS) is 11.3. The van der Waals surface area contributed by atoms with Gasteiger partial charge in [-0.25, -0.2) is 13.6 Å². The maximum Gasteiger partial charge on any atom is 0.272 e. The molecular formula is C12H12ClN3O3S. The molecule has 0 aliphatic carbocycles. The van der Waals surface area contributed by atoms with Crippen molar-refractivity contribution >= 4 is 33.2 Å². The summed E-state index contributed by atoms with van der Waals surface area (Å²) in [7, 11) is -3.83. The van der Waals surface area contributed by atoms with Crippen molar-refractivity contribution in [2.45, 2.75) is 11.8 Å². The summed E-state index contributed by atoms with van der Waals surface area (Å²) in [6.07, 6.45) is 1.48. The van der Waals surface area contributed by atoms with Crippen LogP contribution in [-0.4, -0.2) is 19.3 Å². The van der Waals surface area contributed by atoms with Crippen molar-refractivity contribution in [1.82, 2.24) is 4.98 Å². The van der Waals surface area contributed by atoms with Gasteiger partial charge < -0.3 is 10.3 Å². The number of sulfonamides is 1. The number of benzene rings is 1. The van der Waals surface area contributed by atoms with Gasteiger partial charge in [0.25, 0.3) is 5.91 Å². The number of carbonyl (C=O) groups is 1. The molecule has 2 aromatic rings. The second-order valence-electron chi connectivity index (χ2n) is 4.16. The summed E-state index contributed by atoms with van der Waals surface area (Å²) < 4.78 is 22.8. The van der Waals surface area contributed by atoms with Gasteiger partial charge in [-0.15, -0.1) is 0 Å². The summed E-state index contributed by atoms with van der Waals surface area (Å²) in [5.74, 6) is -0.424. The van der Waals surface area contributed by atoms with E-state index in [1.54, 1.807) is 13.0 Å². The molecule has 0 aliphatic rings. The molecule has 1 heterocycles. The summed E-state index contributed by atoms with van der Waals surface area (Å²) in [5.41, 5.74) is 1.02. The number of aromatic amines is 1. The SMILES string of the molecule is Cc1c(NC(=O)c2cc(Cl)c[nH]2)cccc1S(N)(=O)=O. The van der Waals surface area contributed by atoms with Crippen LogP contribution >= 0.6 is 11.6 Å². The van der Waals surface area contributed by atoms with Crippen LogP contribution in [0.5, 0.6) is 0 Å². The monoisotopic (exact) mass is 313 g/mol. The van der Waals surface area contributed by atoms with E-state index in [0.717, 1.165) is 0 Å². The van der Waals surface area contributed by atoms with Gasteiger partial charge in [-0.3, -0.25) is 4.79 Å². The lowest BCUT2D eigenvalue weighted by atomic mass is 10.2. The van der Waals surface area contributed by atoms with Gasteiger partial charge in [-0.1, -0.05) is 17.7 Å². The van der Waals surface area contributed by atoms with Crippen LogP contribution in [0, 0.1) is 6.92 Å². The van der Waals surface area contributed by atoms with Crippen molar-refractivity contribution in [2.24, 2.45) is 5.14 Å². The summed E-state index contributed by atoms with van der Waals surface area (Å²) in [6.45, 7) is 1.57. The Morgan fingerprint density at radius 3 is 2.65 bits per heavy atom. The lowest BCUT2D eigenvalue weighted by molar-refractivity contribution is 0.102. The number of anilines is 1. The van der Waals surface area contributed by atoms with E-state index in [2.05, 4.69) is 10.3 Å². The number of primary sulfonamides is 1. The van der Waals surface area contributed by atoms with Crippen LogP contribution in [0.25, 0.3) is 0 Å². The first-order valence-electron chi connectivity index (χ1n) is 5.56. The number of carbonyl (C=O) groups excluding carboxylic acids is 1. The molecule has 2 rings (SSSR count). The Labute approximate surface area is 121 Å². The smallest absolute Gasteiger partial charge is 0.272 e. The van der Waals surface area contributed by atoms with E-state index < -0.39 is 15.9 Å². The fourth-order valence-corrected chi connectivity index (χ4v) is 2.72. The fraction of sp³-hybridized carbons (Fsp3) is 0.0833. The van der Waals surface area contributed by atoms with Gasteiger partial charge in [0, 0.05) is 11.9 Å². The average Bonchev–Trinajstić information content (AvgIpc) is 2.77. The third-order valence-corrected chi connectivity index (χ3v) is 4.00. The van der Waals surface area contributed by atoms with Crippen molar-refractivity contribution in [1.29, 1.82) is 0 Å². The number of H-pyrrole nitrogens is 1. The fourth-order valence-electron chi connectivity index (χ4n) is 1.75. The van der Waals surface area contributed by atoms with Crippen molar-refractivity contribution in [3.8, 4) is 0 Å². The summed E-state index contributed by atoms with van der Waals surface area (Å²) in [4.78, 5) is 14.6. The lowest BCUT2D eigenvalue weighted by Gasteiger charge is -2.10. The minimum Gasteiger partial charge on any atom is -0.356 e. The molecule has 0 saturated heterocycles. The molecule has 0 fully saturated rings. The topological polar surface area (TPSA) is 105 Å². The minimum absolute atomic E-state index is 0.0279. The van der Waals surface area contributed by atoms with Crippen LogP contribution in [0.2, 0.25) is 5.02 Å². The Morgan fingerprint density at radius 2 is 2.10 bits per heavy atom. The molecule has 0 bridgehead atoms. The summed E-state index contributed by atoms with van der Waals surface area (Å²) >= 11 is 5.72. The molecule has 4 N–H and O–H groups in total. The molecule has 1 aromatic carbocycles. The van der Waals surface area contributed by atoms with E-state index in [9.17, 15) is 13.2 Å². The summed E-state index contributed by atoms with van der Waals surface area (Å²) in [6, 6.07) is 5.94. The molecule has 1 amide bonds. The van der Waals surface area contributed by atoms with Gasteiger partial charge in [0.2, 0.25) is 10.0 Å². The number of amides is 1. The summed E-state index contributed by atoms with van der Waals surface area (Å²) in [5, 5.41) is 8.12. The average molecular weight is 314 g/mol. The Balaban J connectivity index is 2.33. The number of hydrogen-bond acceptors (Lipinski definition) is 3. The van der Waals surface area contributed by atoms with Crippen LogP contribution in [-0.2, 0) is 10.0 Å². The molecule has 8 heteroatoms. The van der Waals surface area contributed by atoms with Crippen molar-refractivity contribution < 1.29 is 13.2 Å². The van der Waals surface area contributed by atoms with Crippen LogP contribution in [0.3, 0.4) is 0 Å². The molecule has 0 spiro atoms. The van der Waals surface area contributed by atoms with Gasteiger partial charge in [-0.2, -0.15) is 0 Å². The van der Waals surface area contributed by atoms with Gasteiger partial charge in [-0.05, 0) is 30.7 Å². The van der Waals surface area contributed by atoms with Crippen molar-refractivity contribution in [3.63, 3.8) is 0 Å². The predicted octanol–water partition coefficient (Wildman–Crippen LogP) is 1.88. The van der Waals surface area contributed by atoms with Crippen molar-refractivity contribution in [2.75, 3.05) is 5.32 Å². The van der Waals surface area contributed by atoms with Gasteiger partial charge in [0.05, 0.1) is 9.92 Å². The molecular weight excluding hydrogens is 302 g/mol. The van der Waals surface area contributed by atoms with Crippen LogP contribution in [0.1, 0.15) is 16.1 Å². The molecule has 0 atom stereocenters. The second-order valence-corrected chi connectivity index (χ2v) is 6.13. The molecule has 0 aliphatic heterocycles. The van der Waals surface area contributed by atoms with Crippen LogP contribution in [0.4, 0.5) is 5.69 Å². The number of nitrogens with one attached hydrogen (secondary N) is 2. The largest absolute Gasteiger partial charge is 0.356 e. The first kappa shape index (κ1) is 14.6. The molecule has 0 unspecified atom stereocenters.